The van der Waals surface area contributed by atoms with E-state index in [1.165, 1.54) is 5.56 Å². The summed E-state index contributed by atoms with van der Waals surface area (Å²) in [5.41, 5.74) is 4.86. The van der Waals surface area contributed by atoms with E-state index in [2.05, 4.69) is 24.4 Å². The summed E-state index contributed by atoms with van der Waals surface area (Å²) >= 11 is 1.61. The van der Waals surface area contributed by atoms with Crippen molar-refractivity contribution >= 4 is 35.0 Å². The van der Waals surface area contributed by atoms with Crippen LogP contribution in [-0.2, 0) is 22.4 Å². The molecule has 5 heteroatoms. The zero-order valence-electron chi connectivity index (χ0n) is 16.9. The second kappa shape index (κ2) is 9.18. The molecule has 1 fully saturated rings. The van der Waals surface area contributed by atoms with Gasteiger partial charge in [-0.15, -0.1) is 11.8 Å². The molecular formula is C25H24N2O2S. The number of aryl methyl sites for hydroxylation is 1. The number of rotatable bonds is 6. The van der Waals surface area contributed by atoms with Gasteiger partial charge in [0.2, 0.25) is 11.8 Å². The molecule has 1 N–H and O–H groups in total. The molecule has 4 rings (SSSR count). The Hall–Kier alpha value is -3.05. The Morgan fingerprint density at radius 3 is 2.57 bits per heavy atom. The van der Waals surface area contributed by atoms with Crippen LogP contribution in [0.25, 0.3) is 0 Å². The van der Waals surface area contributed by atoms with E-state index in [1.54, 1.807) is 11.8 Å². The minimum Gasteiger partial charge on any atom is -0.326 e. The molecule has 4 nitrogen and oxygen atoms in total. The number of carbonyl (C=O) groups excluding carboxylic acids is 2. The maximum atomic E-state index is 12.7. The summed E-state index contributed by atoms with van der Waals surface area (Å²) < 4.78 is 0. The molecule has 1 aliphatic heterocycles. The molecule has 0 saturated carbocycles. The molecule has 2 amide bonds. The molecule has 0 aliphatic carbocycles. The van der Waals surface area contributed by atoms with Gasteiger partial charge in [0.1, 0.15) is 5.37 Å². The molecule has 1 saturated heterocycles. The van der Waals surface area contributed by atoms with Gasteiger partial charge in [0.25, 0.3) is 0 Å². The van der Waals surface area contributed by atoms with Crippen molar-refractivity contribution < 1.29 is 9.59 Å². The fourth-order valence-corrected chi connectivity index (χ4v) is 4.80. The van der Waals surface area contributed by atoms with E-state index in [0.717, 1.165) is 28.9 Å². The van der Waals surface area contributed by atoms with Crippen molar-refractivity contribution in [1.82, 2.24) is 0 Å². The van der Waals surface area contributed by atoms with E-state index in [4.69, 9.17) is 0 Å². The van der Waals surface area contributed by atoms with Gasteiger partial charge in [-0.1, -0.05) is 61.5 Å². The van der Waals surface area contributed by atoms with Gasteiger partial charge in [-0.2, -0.15) is 0 Å². The van der Waals surface area contributed by atoms with Crippen molar-refractivity contribution in [1.29, 1.82) is 0 Å². The van der Waals surface area contributed by atoms with E-state index >= 15 is 0 Å². The smallest absolute Gasteiger partial charge is 0.238 e. The van der Waals surface area contributed by atoms with E-state index in [0.29, 0.717) is 12.2 Å². The van der Waals surface area contributed by atoms with Gasteiger partial charge in [-0.05, 0) is 47.4 Å². The van der Waals surface area contributed by atoms with Crippen molar-refractivity contribution in [2.45, 2.75) is 25.1 Å². The summed E-state index contributed by atoms with van der Waals surface area (Å²) in [5, 5.41) is 2.89. The third-order valence-electron chi connectivity index (χ3n) is 5.13. The second-order valence-corrected chi connectivity index (χ2v) is 8.36. The molecule has 152 valence electrons. The maximum Gasteiger partial charge on any atom is 0.238 e. The topological polar surface area (TPSA) is 49.4 Å². The molecular weight excluding hydrogens is 392 g/mol. The molecule has 1 heterocycles. The number of nitrogens with one attached hydrogen (secondary N) is 1. The molecule has 0 bridgehead atoms. The molecule has 3 aromatic rings. The highest BCUT2D eigenvalue weighted by atomic mass is 32.2. The van der Waals surface area contributed by atoms with Crippen LogP contribution in [-0.4, -0.2) is 17.6 Å². The molecule has 30 heavy (non-hydrogen) atoms. The highest BCUT2D eigenvalue weighted by Gasteiger charge is 2.34. The van der Waals surface area contributed by atoms with Gasteiger partial charge in [0.05, 0.1) is 12.2 Å². The number of thioether (sulfide) groups is 1. The lowest BCUT2D eigenvalue weighted by molar-refractivity contribution is -0.116. The molecule has 1 aliphatic rings. The Kier molecular flexibility index (Phi) is 6.19. The molecule has 1 atom stereocenters. The third-order valence-corrected chi connectivity index (χ3v) is 6.34. The molecule has 0 spiro atoms. The third kappa shape index (κ3) is 4.57. The largest absolute Gasteiger partial charge is 0.326 e. The summed E-state index contributed by atoms with van der Waals surface area (Å²) in [6, 6.07) is 25.6. The Bertz CT molecular complexity index is 1050. The quantitative estimate of drug-likeness (QED) is 0.600. The maximum absolute atomic E-state index is 12.7. The van der Waals surface area contributed by atoms with Crippen LogP contribution in [0.1, 0.15) is 29.0 Å². The van der Waals surface area contributed by atoms with Gasteiger partial charge in [-0.3, -0.25) is 14.5 Å². The molecule has 3 aromatic carbocycles. The SMILES string of the molecule is CCc1cccc(N2C(=O)CSC2c2cccc(NC(=O)Cc3ccccc3)c2)c1. The van der Waals surface area contributed by atoms with Crippen LogP contribution in [0.5, 0.6) is 0 Å². The van der Waals surface area contributed by atoms with Crippen molar-refractivity contribution in [3.63, 3.8) is 0 Å². The Morgan fingerprint density at radius 1 is 1.00 bits per heavy atom. The zero-order valence-corrected chi connectivity index (χ0v) is 17.7. The first kappa shape index (κ1) is 20.2. The van der Waals surface area contributed by atoms with Crippen LogP contribution in [0.2, 0.25) is 0 Å². The normalized spacial score (nSPS) is 16.0. The Labute approximate surface area is 181 Å². The van der Waals surface area contributed by atoms with Crippen LogP contribution >= 0.6 is 11.8 Å². The fraction of sp³-hybridized carbons (Fsp3) is 0.200. The van der Waals surface area contributed by atoms with Gasteiger partial charge in [0.15, 0.2) is 0 Å². The zero-order chi connectivity index (χ0) is 20.9. The Balaban J connectivity index is 1.53. The van der Waals surface area contributed by atoms with E-state index < -0.39 is 0 Å². The minimum absolute atomic E-state index is 0.0546. The van der Waals surface area contributed by atoms with Crippen molar-refractivity contribution in [2.75, 3.05) is 16.0 Å². The van der Waals surface area contributed by atoms with E-state index in [9.17, 15) is 9.59 Å². The summed E-state index contributed by atoms with van der Waals surface area (Å²) in [6.07, 6.45) is 1.26. The van der Waals surface area contributed by atoms with Crippen LogP contribution < -0.4 is 10.2 Å². The number of benzene rings is 3. The summed E-state index contributed by atoms with van der Waals surface area (Å²) in [6.45, 7) is 2.11. The van der Waals surface area contributed by atoms with Crippen molar-refractivity contribution in [3.8, 4) is 0 Å². The highest BCUT2D eigenvalue weighted by molar-refractivity contribution is 8.00. The number of amides is 2. The van der Waals surface area contributed by atoms with E-state index in [1.807, 2.05) is 71.6 Å². The van der Waals surface area contributed by atoms with Crippen LogP contribution in [0.15, 0.2) is 78.9 Å². The van der Waals surface area contributed by atoms with Crippen molar-refractivity contribution in [2.24, 2.45) is 0 Å². The van der Waals surface area contributed by atoms with Gasteiger partial charge in [0, 0.05) is 11.4 Å². The monoisotopic (exact) mass is 416 g/mol. The van der Waals surface area contributed by atoms with Gasteiger partial charge < -0.3 is 5.32 Å². The summed E-state index contributed by atoms with van der Waals surface area (Å²) in [4.78, 5) is 27.0. The first-order valence-corrected chi connectivity index (χ1v) is 11.2. The summed E-state index contributed by atoms with van der Waals surface area (Å²) in [5.74, 6) is 0.504. The lowest BCUT2D eigenvalue weighted by atomic mass is 10.1. The lowest BCUT2D eigenvalue weighted by Gasteiger charge is -2.25. The number of carbonyl (C=O) groups is 2. The molecule has 0 radical (unpaired) electrons. The predicted octanol–water partition coefficient (Wildman–Crippen LogP) is 5.21. The Morgan fingerprint density at radius 2 is 1.77 bits per heavy atom. The van der Waals surface area contributed by atoms with Crippen molar-refractivity contribution in [3.05, 3.63) is 95.6 Å². The molecule has 0 aromatic heterocycles. The average Bonchev–Trinajstić information content (AvgIpc) is 3.16. The first-order chi connectivity index (χ1) is 14.6. The molecule has 1 unspecified atom stereocenters. The van der Waals surface area contributed by atoms with E-state index in [-0.39, 0.29) is 17.2 Å². The van der Waals surface area contributed by atoms with Crippen LogP contribution in [0.3, 0.4) is 0 Å². The second-order valence-electron chi connectivity index (χ2n) is 7.29. The standard InChI is InChI=1S/C25H24N2O2S/c1-2-18-10-6-13-22(14-18)27-24(29)17-30-25(27)20-11-7-12-21(16-20)26-23(28)15-19-8-4-3-5-9-19/h3-14,16,25H,2,15,17H2,1H3,(H,26,28). The lowest BCUT2D eigenvalue weighted by Crippen LogP contribution is -2.28. The summed E-state index contributed by atoms with van der Waals surface area (Å²) in [7, 11) is 0. The van der Waals surface area contributed by atoms with Gasteiger partial charge in [-0.25, -0.2) is 0 Å². The minimum atomic E-state index is -0.101. The van der Waals surface area contributed by atoms with Gasteiger partial charge >= 0.3 is 0 Å². The number of anilines is 2. The van der Waals surface area contributed by atoms with Crippen LogP contribution in [0, 0.1) is 0 Å². The predicted molar refractivity (Wildman–Crippen MR) is 124 cm³/mol. The average molecular weight is 417 g/mol. The first-order valence-electron chi connectivity index (χ1n) is 10.1. The number of nitrogens with zero attached hydrogens (tertiary/aromatic N) is 1. The highest BCUT2D eigenvalue weighted by Crippen LogP contribution is 2.42. The van der Waals surface area contributed by atoms with Crippen LogP contribution in [0.4, 0.5) is 11.4 Å². The number of hydrogen-bond donors (Lipinski definition) is 1. The number of hydrogen-bond acceptors (Lipinski definition) is 3. The fourth-order valence-electron chi connectivity index (χ4n) is 3.63.